The Balaban J connectivity index is 1.67. The minimum atomic E-state index is -0.562. The van der Waals surface area contributed by atoms with Gasteiger partial charge in [0.05, 0.1) is 28.1 Å². The van der Waals surface area contributed by atoms with E-state index in [1.165, 1.54) is 18.3 Å². The van der Waals surface area contributed by atoms with E-state index in [-0.39, 0.29) is 18.0 Å². The fraction of sp³-hybridized carbons (Fsp3) is 0.0870. The number of rotatable bonds is 8. The smallest absolute Gasteiger partial charge is 0.284 e. The van der Waals surface area contributed by atoms with Crippen molar-refractivity contribution in [3.05, 3.63) is 110 Å². The maximum absolute atomic E-state index is 12.6. The first-order valence-corrected chi connectivity index (χ1v) is 10.4. The van der Waals surface area contributed by atoms with Crippen molar-refractivity contribution in [2.45, 2.75) is 12.5 Å². The van der Waals surface area contributed by atoms with Gasteiger partial charge >= 0.3 is 0 Å². The second kappa shape index (κ2) is 11.0. The van der Waals surface area contributed by atoms with Gasteiger partial charge in [-0.2, -0.15) is 5.10 Å². The average molecular weight is 495 g/mol. The highest BCUT2D eigenvalue weighted by molar-refractivity contribution is 9.10. The topological polar surface area (TPSA) is 114 Å². The molecule has 3 aromatic carbocycles. The zero-order valence-corrected chi connectivity index (χ0v) is 18.4. The van der Waals surface area contributed by atoms with Gasteiger partial charge < -0.3 is 5.32 Å². The van der Waals surface area contributed by atoms with Crippen LogP contribution in [0, 0.1) is 10.1 Å². The molecule has 0 aliphatic heterocycles. The maximum atomic E-state index is 12.6. The molecule has 3 aromatic rings. The quantitative estimate of drug-likeness (QED) is 0.275. The number of hydrazone groups is 1. The van der Waals surface area contributed by atoms with E-state index in [4.69, 9.17) is 0 Å². The van der Waals surface area contributed by atoms with Gasteiger partial charge in [-0.05, 0) is 39.7 Å². The Kier molecular flexibility index (Phi) is 7.82. The summed E-state index contributed by atoms with van der Waals surface area (Å²) in [5, 5.41) is 17.8. The van der Waals surface area contributed by atoms with E-state index in [2.05, 4.69) is 31.8 Å². The number of hydrogen-bond acceptors (Lipinski definition) is 5. The Morgan fingerprint density at radius 3 is 2.34 bits per heavy atom. The van der Waals surface area contributed by atoms with Gasteiger partial charge in [-0.15, -0.1) is 0 Å². The van der Waals surface area contributed by atoms with E-state index in [9.17, 15) is 19.7 Å². The molecule has 0 saturated heterocycles. The molecule has 2 amide bonds. The Hall–Kier alpha value is -3.85. The van der Waals surface area contributed by atoms with Gasteiger partial charge in [0.15, 0.2) is 0 Å². The molecule has 0 aliphatic carbocycles. The number of amides is 2. The molecule has 0 spiro atoms. The van der Waals surface area contributed by atoms with Crippen molar-refractivity contribution in [2.75, 3.05) is 0 Å². The van der Waals surface area contributed by atoms with Crippen LogP contribution in [0.1, 0.15) is 33.9 Å². The lowest BCUT2D eigenvalue weighted by Crippen LogP contribution is -2.32. The molecule has 9 heteroatoms. The summed E-state index contributed by atoms with van der Waals surface area (Å²) in [7, 11) is 0. The van der Waals surface area contributed by atoms with E-state index in [0.717, 1.165) is 5.56 Å². The normalized spacial score (nSPS) is 11.7. The lowest BCUT2D eigenvalue weighted by molar-refractivity contribution is -0.385. The fourth-order valence-electron chi connectivity index (χ4n) is 2.93. The summed E-state index contributed by atoms with van der Waals surface area (Å²) in [6.45, 7) is 0. The molecule has 0 fully saturated rings. The van der Waals surface area contributed by atoms with Crippen LogP contribution >= 0.6 is 15.9 Å². The molecular weight excluding hydrogens is 476 g/mol. The largest absolute Gasteiger partial charge is 0.345 e. The van der Waals surface area contributed by atoms with Crippen molar-refractivity contribution in [1.82, 2.24) is 10.7 Å². The molecule has 0 aromatic heterocycles. The van der Waals surface area contributed by atoms with Gasteiger partial charge in [0.1, 0.15) is 0 Å². The number of nitro groups is 1. The summed E-state index contributed by atoms with van der Waals surface area (Å²) < 4.78 is 0.351. The van der Waals surface area contributed by atoms with Crippen LogP contribution in [0.15, 0.2) is 88.4 Å². The number of carbonyl (C=O) groups excluding carboxylic acids is 2. The third-order valence-corrected chi connectivity index (χ3v) is 5.17. The van der Waals surface area contributed by atoms with Crippen molar-refractivity contribution in [3.8, 4) is 0 Å². The van der Waals surface area contributed by atoms with Crippen LogP contribution in [0.3, 0.4) is 0 Å². The van der Waals surface area contributed by atoms with E-state index in [0.29, 0.717) is 15.6 Å². The Morgan fingerprint density at radius 1 is 1.03 bits per heavy atom. The SMILES string of the molecule is O=C(C[C@H](NC(=O)c1ccccc1)c1ccccc1)N/N=C\c1ccc(Br)c([N+](=O)[O-])c1. The van der Waals surface area contributed by atoms with Gasteiger partial charge in [0, 0.05) is 17.2 Å². The first-order valence-electron chi connectivity index (χ1n) is 9.61. The predicted molar refractivity (Wildman–Crippen MR) is 124 cm³/mol. The minimum absolute atomic E-state index is 0.0413. The lowest BCUT2D eigenvalue weighted by atomic mass is 10.0. The van der Waals surface area contributed by atoms with E-state index >= 15 is 0 Å². The average Bonchev–Trinajstić information content (AvgIpc) is 2.80. The molecule has 0 heterocycles. The van der Waals surface area contributed by atoms with Gasteiger partial charge in [-0.1, -0.05) is 54.6 Å². The summed E-state index contributed by atoms with van der Waals surface area (Å²) in [6.07, 6.45) is 1.28. The highest BCUT2D eigenvalue weighted by Gasteiger charge is 2.19. The van der Waals surface area contributed by atoms with Crippen molar-refractivity contribution in [1.29, 1.82) is 0 Å². The molecule has 8 nitrogen and oxygen atoms in total. The van der Waals surface area contributed by atoms with Crippen LogP contribution < -0.4 is 10.7 Å². The number of nitrogens with zero attached hydrogens (tertiary/aromatic N) is 2. The summed E-state index contributed by atoms with van der Waals surface area (Å²) in [5.74, 6) is -0.715. The fourth-order valence-corrected chi connectivity index (χ4v) is 3.32. The first-order chi connectivity index (χ1) is 15.4. The van der Waals surface area contributed by atoms with E-state index in [1.54, 1.807) is 30.3 Å². The first kappa shape index (κ1) is 22.8. The second-order valence-corrected chi connectivity index (χ2v) is 7.62. The van der Waals surface area contributed by atoms with Crippen LogP contribution in [0.2, 0.25) is 0 Å². The van der Waals surface area contributed by atoms with Gasteiger partial charge in [0.2, 0.25) is 5.91 Å². The van der Waals surface area contributed by atoms with E-state index < -0.39 is 16.9 Å². The van der Waals surface area contributed by atoms with Crippen LogP contribution in [0.4, 0.5) is 5.69 Å². The highest BCUT2D eigenvalue weighted by atomic mass is 79.9. The third kappa shape index (κ3) is 6.32. The molecule has 0 bridgehead atoms. The van der Waals surface area contributed by atoms with Crippen LogP contribution in [0.5, 0.6) is 0 Å². The predicted octanol–water partition coefficient (Wildman–Crippen LogP) is 4.37. The molecule has 32 heavy (non-hydrogen) atoms. The highest BCUT2D eigenvalue weighted by Crippen LogP contribution is 2.25. The lowest BCUT2D eigenvalue weighted by Gasteiger charge is -2.18. The molecule has 3 rings (SSSR count). The number of nitro benzene ring substituents is 1. The third-order valence-electron chi connectivity index (χ3n) is 4.50. The Bertz CT molecular complexity index is 1140. The number of carbonyl (C=O) groups is 2. The molecule has 0 aliphatic rings. The van der Waals surface area contributed by atoms with Crippen LogP contribution in [-0.2, 0) is 4.79 Å². The molecule has 2 N–H and O–H groups in total. The van der Waals surface area contributed by atoms with Gasteiger partial charge in [-0.3, -0.25) is 19.7 Å². The summed E-state index contributed by atoms with van der Waals surface area (Å²) >= 11 is 3.12. The zero-order valence-electron chi connectivity index (χ0n) is 16.8. The molecule has 0 radical (unpaired) electrons. The van der Waals surface area contributed by atoms with Crippen LogP contribution in [-0.4, -0.2) is 23.0 Å². The van der Waals surface area contributed by atoms with Crippen molar-refractivity contribution < 1.29 is 14.5 Å². The Labute approximate surface area is 192 Å². The second-order valence-electron chi connectivity index (χ2n) is 6.77. The van der Waals surface area contributed by atoms with Crippen molar-refractivity contribution >= 4 is 39.6 Å². The van der Waals surface area contributed by atoms with Gasteiger partial charge in [0.25, 0.3) is 11.6 Å². The number of hydrogen-bond donors (Lipinski definition) is 2. The van der Waals surface area contributed by atoms with Crippen LogP contribution in [0.25, 0.3) is 0 Å². The standard InChI is InChI=1S/C23H19BrN4O4/c24-19-12-11-16(13-21(19)28(31)32)15-25-27-22(29)14-20(17-7-3-1-4-8-17)26-23(30)18-9-5-2-6-10-18/h1-13,15,20H,14H2,(H,26,30)(H,27,29)/b25-15-/t20-/m0/s1. The van der Waals surface area contributed by atoms with Gasteiger partial charge in [-0.25, -0.2) is 5.43 Å². The molecule has 162 valence electrons. The summed E-state index contributed by atoms with van der Waals surface area (Å²) in [6, 6.07) is 21.8. The summed E-state index contributed by atoms with van der Waals surface area (Å²) in [4.78, 5) is 35.6. The maximum Gasteiger partial charge on any atom is 0.284 e. The van der Waals surface area contributed by atoms with Crippen molar-refractivity contribution in [2.24, 2.45) is 5.10 Å². The molecule has 0 saturated carbocycles. The number of benzene rings is 3. The summed E-state index contributed by atoms with van der Waals surface area (Å²) in [5.41, 5.74) is 4.02. The monoisotopic (exact) mass is 494 g/mol. The number of nitrogens with one attached hydrogen (secondary N) is 2. The zero-order chi connectivity index (χ0) is 22.9. The molecule has 0 unspecified atom stereocenters. The van der Waals surface area contributed by atoms with E-state index in [1.807, 2.05) is 36.4 Å². The van der Waals surface area contributed by atoms with Crippen molar-refractivity contribution in [3.63, 3.8) is 0 Å². The Morgan fingerprint density at radius 2 is 1.69 bits per heavy atom. The molecular formula is C23H19BrN4O4. The minimum Gasteiger partial charge on any atom is -0.345 e. The number of halogens is 1. The molecule has 1 atom stereocenters.